The van der Waals surface area contributed by atoms with Crippen molar-refractivity contribution in [2.45, 2.75) is 6.42 Å². The van der Waals surface area contributed by atoms with E-state index in [1.54, 1.807) is 0 Å². The molecule has 14 heavy (non-hydrogen) atoms. The maximum absolute atomic E-state index is 13.3. The zero-order chi connectivity index (χ0) is 10.5. The van der Waals surface area contributed by atoms with Gasteiger partial charge in [0.05, 0.1) is 22.0 Å². The van der Waals surface area contributed by atoms with E-state index in [2.05, 4.69) is 15.9 Å². The quantitative estimate of drug-likeness (QED) is 0.531. The Hall–Kier alpha value is -1.10. The van der Waals surface area contributed by atoms with Gasteiger partial charge in [0.2, 0.25) is 0 Å². The summed E-state index contributed by atoms with van der Waals surface area (Å²) in [7, 11) is 0. The van der Waals surface area contributed by atoms with Crippen LogP contribution >= 0.6 is 15.9 Å². The Labute approximate surface area is 86.0 Å². The zero-order valence-electron chi connectivity index (χ0n) is 6.73. The molecule has 1 aliphatic rings. The van der Waals surface area contributed by atoms with Crippen molar-refractivity contribution in [1.29, 1.82) is 0 Å². The van der Waals surface area contributed by atoms with Crippen LogP contribution in [0.1, 0.15) is 27.1 Å². The van der Waals surface area contributed by atoms with Gasteiger partial charge in [0.25, 0.3) is 0 Å². The van der Waals surface area contributed by atoms with Gasteiger partial charge in [-0.05, 0) is 22.0 Å². The van der Waals surface area contributed by atoms with Crippen LogP contribution in [0.25, 0.3) is 0 Å². The first-order valence-corrected chi connectivity index (χ1v) is 4.55. The number of fused-ring (bicyclic) bond motifs is 1. The molecule has 72 valence electrons. The predicted molar refractivity (Wildman–Crippen MR) is 47.3 cm³/mol. The molecule has 0 unspecified atom stereocenters. The molecule has 0 fully saturated rings. The molecule has 2 rings (SSSR count). The summed E-state index contributed by atoms with van der Waals surface area (Å²) in [6.45, 7) is 0. The van der Waals surface area contributed by atoms with Gasteiger partial charge in [-0.1, -0.05) is 0 Å². The van der Waals surface area contributed by atoms with Gasteiger partial charge in [-0.25, -0.2) is 8.78 Å². The number of hydrogen-bond acceptors (Lipinski definition) is 2. The van der Waals surface area contributed by atoms with Crippen molar-refractivity contribution in [2.75, 3.05) is 0 Å². The Balaban J connectivity index is 2.86. The molecule has 0 amide bonds. The molecule has 0 N–H and O–H groups in total. The second-order valence-corrected chi connectivity index (χ2v) is 3.78. The first kappa shape index (κ1) is 9.45. The summed E-state index contributed by atoms with van der Waals surface area (Å²) >= 11 is 2.77. The predicted octanol–water partition coefficient (Wildman–Crippen LogP) is 2.50. The van der Waals surface area contributed by atoms with Crippen LogP contribution in [0.3, 0.4) is 0 Å². The van der Waals surface area contributed by atoms with Gasteiger partial charge in [-0.3, -0.25) is 9.59 Å². The Bertz CT molecular complexity index is 468. The summed E-state index contributed by atoms with van der Waals surface area (Å²) in [5.74, 6) is -3.04. The normalized spacial score (nSPS) is 14.8. The lowest BCUT2D eigenvalue weighted by molar-refractivity contribution is 0.0921. The van der Waals surface area contributed by atoms with Crippen LogP contribution in [0, 0.1) is 11.6 Å². The standard InChI is InChI=1S/C9H3BrF2O2/c10-3-1-4(11)7-5(13)2-6(14)8(7)9(3)12/h1H,2H2. The van der Waals surface area contributed by atoms with Crippen molar-refractivity contribution >= 4 is 27.5 Å². The van der Waals surface area contributed by atoms with Crippen molar-refractivity contribution in [3.8, 4) is 0 Å². The van der Waals surface area contributed by atoms with E-state index in [1.165, 1.54) is 0 Å². The summed E-state index contributed by atoms with van der Waals surface area (Å²) in [5, 5.41) is 0. The van der Waals surface area contributed by atoms with Crippen molar-refractivity contribution in [1.82, 2.24) is 0 Å². The highest BCUT2D eigenvalue weighted by molar-refractivity contribution is 9.10. The van der Waals surface area contributed by atoms with Crippen molar-refractivity contribution in [2.24, 2.45) is 0 Å². The molecule has 5 heteroatoms. The summed E-state index contributed by atoms with van der Waals surface area (Å²) in [6.07, 6.45) is -0.445. The number of carbonyl (C=O) groups excluding carboxylic acids is 2. The molecule has 0 saturated heterocycles. The first-order chi connectivity index (χ1) is 6.52. The van der Waals surface area contributed by atoms with Crippen LogP contribution in [-0.2, 0) is 0 Å². The number of benzene rings is 1. The third kappa shape index (κ3) is 1.12. The number of hydrogen-bond donors (Lipinski definition) is 0. The highest BCUT2D eigenvalue weighted by Crippen LogP contribution is 2.31. The number of ketones is 2. The van der Waals surface area contributed by atoms with Crippen molar-refractivity contribution in [3.05, 3.63) is 33.3 Å². The molecule has 1 aromatic carbocycles. The molecular weight excluding hydrogens is 258 g/mol. The van der Waals surface area contributed by atoms with E-state index < -0.39 is 40.7 Å². The van der Waals surface area contributed by atoms with Gasteiger partial charge in [0, 0.05) is 0 Å². The van der Waals surface area contributed by atoms with Gasteiger partial charge in [-0.2, -0.15) is 0 Å². The van der Waals surface area contributed by atoms with Crippen molar-refractivity contribution in [3.63, 3.8) is 0 Å². The minimum Gasteiger partial charge on any atom is -0.294 e. The molecule has 2 nitrogen and oxygen atoms in total. The van der Waals surface area contributed by atoms with Gasteiger partial charge in [0.15, 0.2) is 11.6 Å². The second kappa shape index (κ2) is 2.95. The van der Waals surface area contributed by atoms with Crippen LogP contribution < -0.4 is 0 Å². The monoisotopic (exact) mass is 260 g/mol. The van der Waals surface area contributed by atoms with E-state index in [9.17, 15) is 18.4 Å². The molecular formula is C9H3BrF2O2. The van der Waals surface area contributed by atoms with Gasteiger partial charge in [0.1, 0.15) is 11.6 Å². The van der Waals surface area contributed by atoms with Crippen LogP contribution in [0.4, 0.5) is 8.78 Å². The Morgan fingerprint density at radius 3 is 2.36 bits per heavy atom. The van der Waals surface area contributed by atoms with E-state index >= 15 is 0 Å². The molecule has 0 atom stereocenters. The molecule has 0 bridgehead atoms. The zero-order valence-corrected chi connectivity index (χ0v) is 8.32. The maximum atomic E-state index is 13.3. The molecule has 0 radical (unpaired) electrons. The Morgan fingerprint density at radius 1 is 1.14 bits per heavy atom. The van der Waals surface area contributed by atoms with E-state index in [1.807, 2.05) is 0 Å². The van der Waals surface area contributed by atoms with Crippen LogP contribution in [-0.4, -0.2) is 11.6 Å². The van der Waals surface area contributed by atoms with Gasteiger partial charge >= 0.3 is 0 Å². The van der Waals surface area contributed by atoms with Crippen LogP contribution in [0.5, 0.6) is 0 Å². The first-order valence-electron chi connectivity index (χ1n) is 3.76. The average molecular weight is 261 g/mol. The molecule has 0 saturated carbocycles. The number of Topliss-reactive ketones (excluding diaryl/α,β-unsaturated/α-hetero) is 2. The van der Waals surface area contributed by atoms with Crippen molar-refractivity contribution < 1.29 is 18.4 Å². The highest BCUT2D eigenvalue weighted by atomic mass is 79.9. The topological polar surface area (TPSA) is 34.1 Å². The maximum Gasteiger partial charge on any atom is 0.174 e. The van der Waals surface area contributed by atoms with E-state index in [0.29, 0.717) is 0 Å². The molecule has 0 aromatic heterocycles. The number of carbonyl (C=O) groups is 2. The van der Waals surface area contributed by atoms with E-state index in [0.717, 1.165) is 6.07 Å². The number of rotatable bonds is 0. The van der Waals surface area contributed by atoms with E-state index in [-0.39, 0.29) is 4.47 Å². The minimum absolute atomic E-state index is 0.142. The molecule has 0 aliphatic heterocycles. The fraction of sp³-hybridized carbons (Fsp3) is 0.111. The summed E-state index contributed by atoms with van der Waals surface area (Å²) < 4.78 is 26.4. The smallest absolute Gasteiger partial charge is 0.174 e. The van der Waals surface area contributed by atoms with E-state index in [4.69, 9.17) is 0 Å². The lowest BCUT2D eigenvalue weighted by Crippen LogP contribution is -2.00. The van der Waals surface area contributed by atoms with Gasteiger partial charge in [-0.15, -0.1) is 0 Å². The molecule has 0 heterocycles. The summed E-state index contributed by atoms with van der Waals surface area (Å²) in [6, 6.07) is 0.852. The molecule has 0 spiro atoms. The summed E-state index contributed by atoms with van der Waals surface area (Å²) in [5.41, 5.74) is -0.849. The largest absolute Gasteiger partial charge is 0.294 e. The fourth-order valence-electron chi connectivity index (χ4n) is 1.45. The molecule has 1 aromatic rings. The average Bonchev–Trinajstić information content (AvgIpc) is 2.38. The highest BCUT2D eigenvalue weighted by Gasteiger charge is 2.34. The lowest BCUT2D eigenvalue weighted by Gasteiger charge is -2.01. The van der Waals surface area contributed by atoms with Crippen LogP contribution in [0.15, 0.2) is 10.5 Å². The minimum atomic E-state index is -0.864. The SMILES string of the molecule is O=C1CC(=O)c2c(F)c(Br)cc(F)c21. The van der Waals surface area contributed by atoms with Gasteiger partial charge < -0.3 is 0 Å². The molecule has 1 aliphatic carbocycles. The third-order valence-electron chi connectivity index (χ3n) is 2.05. The van der Waals surface area contributed by atoms with Crippen LogP contribution in [0.2, 0.25) is 0 Å². The number of halogens is 3. The second-order valence-electron chi connectivity index (χ2n) is 2.93. The fourth-order valence-corrected chi connectivity index (χ4v) is 1.85. The lowest BCUT2D eigenvalue weighted by atomic mass is 10.1. The summed E-state index contributed by atoms with van der Waals surface area (Å²) in [4.78, 5) is 22.3. The Morgan fingerprint density at radius 2 is 1.71 bits per heavy atom. The third-order valence-corrected chi connectivity index (χ3v) is 2.63. The Kier molecular flexibility index (Phi) is 1.99.